The van der Waals surface area contributed by atoms with E-state index in [4.69, 9.17) is 14.6 Å². The molecule has 0 aliphatic rings. The highest BCUT2D eigenvalue weighted by atomic mass is 16.5. The molecule has 0 fully saturated rings. The van der Waals surface area contributed by atoms with Crippen molar-refractivity contribution in [1.29, 1.82) is 0 Å². The van der Waals surface area contributed by atoms with Crippen LogP contribution in [0.3, 0.4) is 0 Å². The van der Waals surface area contributed by atoms with E-state index in [2.05, 4.69) is 10.6 Å². The fourth-order valence-corrected chi connectivity index (χ4v) is 1.49. The molecule has 2 amide bonds. The predicted octanol–water partition coefficient (Wildman–Crippen LogP) is -0.358. The minimum absolute atomic E-state index is 0.164. The Kier molecular flexibility index (Phi) is 7.41. The lowest BCUT2D eigenvalue weighted by Gasteiger charge is -2.08. The van der Waals surface area contributed by atoms with E-state index in [1.54, 1.807) is 6.07 Å². The predicted molar refractivity (Wildman–Crippen MR) is 76.8 cm³/mol. The van der Waals surface area contributed by atoms with Crippen LogP contribution in [-0.4, -0.2) is 56.3 Å². The smallest absolute Gasteiger partial charge is 0.341 e. The number of amides is 2. The van der Waals surface area contributed by atoms with Crippen LogP contribution in [0.25, 0.3) is 0 Å². The number of carboxylic acids is 1. The van der Waals surface area contributed by atoms with Gasteiger partial charge >= 0.3 is 5.97 Å². The summed E-state index contributed by atoms with van der Waals surface area (Å²) in [5.41, 5.74) is 0.271. The quantitative estimate of drug-likeness (QED) is 0.537. The van der Waals surface area contributed by atoms with Gasteiger partial charge in [-0.25, -0.2) is 4.79 Å². The highest BCUT2D eigenvalue weighted by Gasteiger charge is 2.09. The van der Waals surface area contributed by atoms with E-state index in [1.807, 2.05) is 0 Å². The third kappa shape index (κ3) is 6.71. The standard InChI is InChI=1S/C14H18N2O6/c1-21-6-5-15-12(17)8-16-14(20)10-3-2-4-11(7-10)22-9-13(18)19/h2-4,7H,5-6,8-9H2,1H3,(H,15,17)(H,16,20)(H,18,19). The van der Waals surface area contributed by atoms with Gasteiger partial charge in [0, 0.05) is 19.2 Å². The van der Waals surface area contributed by atoms with Gasteiger partial charge in [0.15, 0.2) is 6.61 Å². The van der Waals surface area contributed by atoms with Gasteiger partial charge in [0.1, 0.15) is 5.75 Å². The molecule has 0 aromatic heterocycles. The number of hydrogen-bond acceptors (Lipinski definition) is 5. The van der Waals surface area contributed by atoms with Gasteiger partial charge in [0.25, 0.3) is 5.91 Å². The van der Waals surface area contributed by atoms with E-state index in [9.17, 15) is 14.4 Å². The summed E-state index contributed by atoms with van der Waals surface area (Å²) in [5.74, 6) is -1.63. The second kappa shape index (κ2) is 9.35. The van der Waals surface area contributed by atoms with Crippen LogP contribution < -0.4 is 15.4 Å². The van der Waals surface area contributed by atoms with Gasteiger partial charge < -0.3 is 25.2 Å². The Morgan fingerprint density at radius 1 is 1.23 bits per heavy atom. The van der Waals surface area contributed by atoms with Gasteiger partial charge in [0.2, 0.25) is 5.91 Å². The number of benzene rings is 1. The Morgan fingerprint density at radius 2 is 2.00 bits per heavy atom. The van der Waals surface area contributed by atoms with Crippen LogP contribution in [0, 0.1) is 0 Å². The number of hydrogen-bond donors (Lipinski definition) is 3. The SMILES string of the molecule is COCCNC(=O)CNC(=O)c1cccc(OCC(=O)O)c1. The molecule has 1 rings (SSSR count). The molecular weight excluding hydrogens is 292 g/mol. The molecule has 0 bridgehead atoms. The number of nitrogens with one attached hydrogen (secondary N) is 2. The van der Waals surface area contributed by atoms with Crippen LogP contribution in [0.1, 0.15) is 10.4 Å². The highest BCUT2D eigenvalue weighted by Crippen LogP contribution is 2.13. The molecule has 0 heterocycles. The number of aliphatic carboxylic acids is 1. The molecule has 0 spiro atoms. The minimum Gasteiger partial charge on any atom is -0.482 e. The first-order valence-corrected chi connectivity index (χ1v) is 6.51. The van der Waals surface area contributed by atoms with Crippen LogP contribution in [-0.2, 0) is 14.3 Å². The van der Waals surface area contributed by atoms with Crippen molar-refractivity contribution in [3.8, 4) is 5.75 Å². The topological polar surface area (TPSA) is 114 Å². The first kappa shape index (κ1) is 17.4. The molecule has 1 aromatic rings. The Bertz CT molecular complexity index is 532. The maximum Gasteiger partial charge on any atom is 0.341 e. The van der Waals surface area contributed by atoms with Gasteiger partial charge in [-0.15, -0.1) is 0 Å². The van der Waals surface area contributed by atoms with Crippen molar-refractivity contribution in [2.75, 3.05) is 33.4 Å². The van der Waals surface area contributed by atoms with Crippen LogP contribution in [0.2, 0.25) is 0 Å². The maximum atomic E-state index is 11.9. The third-order valence-electron chi connectivity index (χ3n) is 2.50. The monoisotopic (exact) mass is 310 g/mol. The average molecular weight is 310 g/mol. The van der Waals surface area contributed by atoms with Crippen molar-refractivity contribution in [2.24, 2.45) is 0 Å². The summed E-state index contributed by atoms with van der Waals surface area (Å²) in [6.45, 7) is 0.0993. The van der Waals surface area contributed by atoms with Crippen molar-refractivity contribution in [2.45, 2.75) is 0 Å². The highest BCUT2D eigenvalue weighted by molar-refractivity contribution is 5.96. The molecule has 120 valence electrons. The van der Waals surface area contributed by atoms with Crippen molar-refractivity contribution < 1.29 is 29.0 Å². The van der Waals surface area contributed by atoms with E-state index in [0.29, 0.717) is 13.2 Å². The molecule has 0 unspecified atom stereocenters. The van der Waals surface area contributed by atoms with Crippen molar-refractivity contribution in [3.05, 3.63) is 29.8 Å². The first-order valence-electron chi connectivity index (χ1n) is 6.51. The fourth-order valence-electron chi connectivity index (χ4n) is 1.49. The van der Waals surface area contributed by atoms with Gasteiger partial charge in [-0.1, -0.05) is 6.07 Å². The second-order valence-corrected chi connectivity index (χ2v) is 4.24. The lowest BCUT2D eigenvalue weighted by Crippen LogP contribution is -2.38. The number of rotatable bonds is 9. The minimum atomic E-state index is -1.11. The molecule has 8 nitrogen and oxygen atoms in total. The molecule has 0 atom stereocenters. The van der Waals surface area contributed by atoms with E-state index in [0.717, 1.165) is 0 Å². The Labute approximate surface area is 127 Å². The normalized spacial score (nSPS) is 9.86. The van der Waals surface area contributed by atoms with E-state index in [-0.39, 0.29) is 23.8 Å². The number of ether oxygens (including phenoxy) is 2. The Morgan fingerprint density at radius 3 is 2.68 bits per heavy atom. The van der Waals surface area contributed by atoms with Crippen molar-refractivity contribution in [3.63, 3.8) is 0 Å². The van der Waals surface area contributed by atoms with Gasteiger partial charge in [-0.05, 0) is 18.2 Å². The Balaban J connectivity index is 2.46. The summed E-state index contributed by atoms with van der Waals surface area (Å²) in [7, 11) is 1.52. The zero-order valence-electron chi connectivity index (χ0n) is 12.1. The lowest BCUT2D eigenvalue weighted by atomic mass is 10.2. The maximum absolute atomic E-state index is 11.9. The van der Waals surface area contributed by atoms with Crippen LogP contribution in [0.5, 0.6) is 5.75 Å². The molecule has 0 saturated heterocycles. The molecule has 3 N–H and O–H groups in total. The zero-order chi connectivity index (χ0) is 16.4. The Hall–Kier alpha value is -2.61. The largest absolute Gasteiger partial charge is 0.482 e. The second-order valence-electron chi connectivity index (χ2n) is 4.24. The lowest BCUT2D eigenvalue weighted by molar-refractivity contribution is -0.139. The number of carboxylic acid groups (broad SMARTS) is 1. The first-order chi connectivity index (χ1) is 10.5. The van der Waals surface area contributed by atoms with Crippen LogP contribution in [0.4, 0.5) is 0 Å². The van der Waals surface area contributed by atoms with E-state index < -0.39 is 18.5 Å². The van der Waals surface area contributed by atoms with Gasteiger partial charge in [-0.3, -0.25) is 9.59 Å². The number of carbonyl (C=O) groups excluding carboxylic acids is 2. The van der Waals surface area contributed by atoms with Crippen LogP contribution in [0.15, 0.2) is 24.3 Å². The molecular formula is C14H18N2O6. The van der Waals surface area contributed by atoms with Crippen molar-refractivity contribution in [1.82, 2.24) is 10.6 Å². The summed E-state index contributed by atoms with van der Waals surface area (Å²) in [6.07, 6.45) is 0. The summed E-state index contributed by atoms with van der Waals surface area (Å²) in [5, 5.41) is 13.5. The van der Waals surface area contributed by atoms with Gasteiger partial charge in [0.05, 0.1) is 13.2 Å². The number of methoxy groups -OCH3 is 1. The molecule has 0 radical (unpaired) electrons. The third-order valence-corrected chi connectivity index (χ3v) is 2.50. The molecule has 22 heavy (non-hydrogen) atoms. The fraction of sp³-hybridized carbons (Fsp3) is 0.357. The summed E-state index contributed by atoms with van der Waals surface area (Å²) < 4.78 is 9.76. The summed E-state index contributed by atoms with van der Waals surface area (Å²) in [6, 6.07) is 6.04. The molecule has 0 saturated carbocycles. The number of carbonyl (C=O) groups is 3. The van der Waals surface area contributed by atoms with Crippen LogP contribution >= 0.6 is 0 Å². The van der Waals surface area contributed by atoms with E-state index >= 15 is 0 Å². The van der Waals surface area contributed by atoms with Gasteiger partial charge in [-0.2, -0.15) is 0 Å². The molecule has 0 aliphatic carbocycles. The molecule has 0 aliphatic heterocycles. The average Bonchev–Trinajstić information content (AvgIpc) is 2.51. The zero-order valence-corrected chi connectivity index (χ0v) is 12.1. The van der Waals surface area contributed by atoms with E-state index in [1.165, 1.54) is 25.3 Å². The summed E-state index contributed by atoms with van der Waals surface area (Å²) in [4.78, 5) is 33.7. The summed E-state index contributed by atoms with van der Waals surface area (Å²) >= 11 is 0. The molecule has 8 heteroatoms. The van der Waals surface area contributed by atoms with Crippen molar-refractivity contribution >= 4 is 17.8 Å². The molecule has 1 aromatic carbocycles.